The molecule has 0 spiro atoms. The van der Waals surface area contributed by atoms with Crippen molar-refractivity contribution in [1.82, 2.24) is 25.9 Å². The molecule has 2 unspecified atom stereocenters. The van der Waals surface area contributed by atoms with Crippen molar-refractivity contribution in [2.75, 3.05) is 0 Å². The SMILES string of the molecule is O=C1CC(C(=O)NC2(c3ccc(C(F)(F)F)cc3)CC2)NC(c2ncccn2)N1. The minimum absolute atomic E-state index is 0.0573. The number of carbonyl (C=O) groups excluding carboxylic acids is 2. The summed E-state index contributed by atoms with van der Waals surface area (Å²) in [6.45, 7) is 0. The summed E-state index contributed by atoms with van der Waals surface area (Å²) in [5.41, 5.74) is -0.822. The molecule has 4 rings (SSSR count). The Hall–Kier alpha value is -3.01. The molecule has 2 amide bonds. The minimum atomic E-state index is -4.41. The van der Waals surface area contributed by atoms with Crippen molar-refractivity contribution in [2.45, 2.75) is 43.2 Å². The lowest BCUT2D eigenvalue weighted by atomic mass is 10.0. The lowest BCUT2D eigenvalue weighted by Gasteiger charge is -2.31. The van der Waals surface area contributed by atoms with Crippen LogP contribution in [0.15, 0.2) is 42.7 Å². The molecule has 1 aliphatic heterocycles. The fraction of sp³-hybridized carbons (Fsp3) is 0.368. The number of halogens is 3. The van der Waals surface area contributed by atoms with Gasteiger partial charge in [0.25, 0.3) is 0 Å². The summed E-state index contributed by atoms with van der Waals surface area (Å²) in [4.78, 5) is 33.0. The quantitative estimate of drug-likeness (QED) is 0.721. The van der Waals surface area contributed by atoms with Crippen LogP contribution in [-0.4, -0.2) is 27.8 Å². The number of hydrogen-bond donors (Lipinski definition) is 3. The fourth-order valence-corrected chi connectivity index (χ4v) is 3.39. The lowest BCUT2D eigenvalue weighted by molar-refractivity contribution is -0.137. The molecule has 29 heavy (non-hydrogen) atoms. The van der Waals surface area contributed by atoms with Gasteiger partial charge in [-0.15, -0.1) is 0 Å². The van der Waals surface area contributed by atoms with Gasteiger partial charge in [-0.3, -0.25) is 14.9 Å². The molecule has 0 bridgehead atoms. The summed E-state index contributed by atoms with van der Waals surface area (Å²) < 4.78 is 38.3. The molecule has 1 aromatic heterocycles. The van der Waals surface area contributed by atoms with Crippen molar-refractivity contribution in [1.29, 1.82) is 0 Å². The van der Waals surface area contributed by atoms with E-state index in [0.29, 0.717) is 24.2 Å². The minimum Gasteiger partial charge on any atom is -0.345 e. The largest absolute Gasteiger partial charge is 0.416 e. The Morgan fingerprint density at radius 2 is 1.79 bits per heavy atom. The van der Waals surface area contributed by atoms with E-state index < -0.39 is 35.4 Å². The van der Waals surface area contributed by atoms with E-state index in [9.17, 15) is 22.8 Å². The number of alkyl halides is 3. The number of nitrogens with one attached hydrogen (secondary N) is 3. The summed E-state index contributed by atoms with van der Waals surface area (Å²) in [7, 11) is 0. The third-order valence-electron chi connectivity index (χ3n) is 5.10. The maximum atomic E-state index is 12.8. The van der Waals surface area contributed by atoms with Crippen molar-refractivity contribution >= 4 is 11.8 Å². The maximum Gasteiger partial charge on any atom is 0.416 e. The van der Waals surface area contributed by atoms with Gasteiger partial charge in [0, 0.05) is 12.4 Å². The van der Waals surface area contributed by atoms with E-state index in [1.54, 1.807) is 6.07 Å². The molecule has 7 nitrogen and oxygen atoms in total. The number of carbonyl (C=O) groups is 2. The van der Waals surface area contributed by atoms with E-state index in [4.69, 9.17) is 0 Å². The highest BCUT2D eigenvalue weighted by Crippen LogP contribution is 2.46. The lowest BCUT2D eigenvalue weighted by Crippen LogP contribution is -2.57. The molecular weight excluding hydrogens is 387 g/mol. The van der Waals surface area contributed by atoms with E-state index >= 15 is 0 Å². The van der Waals surface area contributed by atoms with Gasteiger partial charge in [0.2, 0.25) is 11.8 Å². The normalized spacial score (nSPS) is 23.2. The second-order valence-electron chi connectivity index (χ2n) is 7.18. The van der Waals surface area contributed by atoms with Gasteiger partial charge in [-0.2, -0.15) is 13.2 Å². The van der Waals surface area contributed by atoms with Crippen LogP contribution in [0.2, 0.25) is 0 Å². The average molecular weight is 405 g/mol. The Bertz CT molecular complexity index is 914. The highest BCUT2D eigenvalue weighted by atomic mass is 19.4. The summed E-state index contributed by atoms with van der Waals surface area (Å²) in [5, 5.41) is 8.60. The van der Waals surface area contributed by atoms with Crippen LogP contribution in [0, 0.1) is 0 Å². The van der Waals surface area contributed by atoms with Crippen LogP contribution < -0.4 is 16.0 Å². The smallest absolute Gasteiger partial charge is 0.345 e. The molecule has 10 heteroatoms. The van der Waals surface area contributed by atoms with Crippen LogP contribution in [0.5, 0.6) is 0 Å². The van der Waals surface area contributed by atoms with Crippen molar-refractivity contribution in [3.63, 3.8) is 0 Å². The number of nitrogens with zero attached hydrogens (tertiary/aromatic N) is 2. The van der Waals surface area contributed by atoms with Crippen LogP contribution >= 0.6 is 0 Å². The van der Waals surface area contributed by atoms with Crippen LogP contribution in [0.25, 0.3) is 0 Å². The Morgan fingerprint density at radius 1 is 1.14 bits per heavy atom. The van der Waals surface area contributed by atoms with Gasteiger partial charge in [0.15, 0.2) is 5.82 Å². The highest BCUT2D eigenvalue weighted by Gasteiger charge is 2.47. The van der Waals surface area contributed by atoms with Gasteiger partial charge in [-0.25, -0.2) is 9.97 Å². The first-order valence-electron chi connectivity index (χ1n) is 9.09. The molecule has 2 atom stereocenters. The van der Waals surface area contributed by atoms with Gasteiger partial charge in [0.05, 0.1) is 23.6 Å². The summed E-state index contributed by atoms with van der Waals surface area (Å²) in [5.74, 6) is -0.374. The second kappa shape index (κ2) is 7.11. The molecule has 2 aromatic rings. The van der Waals surface area contributed by atoms with E-state index in [0.717, 1.165) is 12.1 Å². The Labute approximate surface area is 164 Å². The van der Waals surface area contributed by atoms with Crippen LogP contribution in [0.3, 0.4) is 0 Å². The van der Waals surface area contributed by atoms with Gasteiger partial charge in [0.1, 0.15) is 6.17 Å². The second-order valence-corrected chi connectivity index (χ2v) is 7.18. The molecule has 152 valence electrons. The molecule has 1 aromatic carbocycles. The molecular formula is C19H18F3N5O2. The molecule has 2 heterocycles. The van der Waals surface area contributed by atoms with Gasteiger partial charge < -0.3 is 10.6 Å². The number of benzene rings is 1. The van der Waals surface area contributed by atoms with Gasteiger partial charge >= 0.3 is 6.18 Å². The zero-order valence-corrected chi connectivity index (χ0v) is 15.2. The fourth-order valence-electron chi connectivity index (χ4n) is 3.39. The van der Waals surface area contributed by atoms with E-state index in [1.165, 1.54) is 24.5 Å². The Balaban J connectivity index is 1.46. The summed E-state index contributed by atoms with van der Waals surface area (Å²) in [6, 6.07) is 5.63. The monoisotopic (exact) mass is 405 g/mol. The van der Waals surface area contributed by atoms with Gasteiger partial charge in [-0.05, 0) is 36.6 Å². The third kappa shape index (κ3) is 4.07. The van der Waals surface area contributed by atoms with E-state index in [-0.39, 0.29) is 12.3 Å². The molecule has 1 saturated heterocycles. The number of amides is 2. The van der Waals surface area contributed by atoms with Crippen molar-refractivity contribution < 1.29 is 22.8 Å². The predicted molar refractivity (Wildman–Crippen MR) is 95.0 cm³/mol. The Morgan fingerprint density at radius 3 is 2.38 bits per heavy atom. The molecule has 3 N–H and O–H groups in total. The van der Waals surface area contributed by atoms with E-state index in [1.807, 2.05) is 0 Å². The maximum absolute atomic E-state index is 12.8. The topological polar surface area (TPSA) is 96.0 Å². The molecule has 2 fully saturated rings. The van der Waals surface area contributed by atoms with Crippen molar-refractivity contribution in [2.24, 2.45) is 0 Å². The molecule has 2 aliphatic rings. The zero-order chi connectivity index (χ0) is 20.6. The zero-order valence-electron chi connectivity index (χ0n) is 15.2. The molecule has 0 radical (unpaired) electrons. The summed E-state index contributed by atoms with van der Waals surface area (Å²) >= 11 is 0. The first kappa shape index (κ1) is 19.3. The number of aromatic nitrogens is 2. The van der Waals surface area contributed by atoms with Crippen LogP contribution in [0.4, 0.5) is 13.2 Å². The predicted octanol–water partition coefficient (Wildman–Crippen LogP) is 1.78. The Kier molecular flexibility index (Phi) is 4.73. The van der Waals surface area contributed by atoms with Crippen molar-refractivity contribution in [3.8, 4) is 0 Å². The van der Waals surface area contributed by atoms with Crippen LogP contribution in [-0.2, 0) is 21.3 Å². The number of rotatable bonds is 4. The number of hydrogen-bond acceptors (Lipinski definition) is 5. The van der Waals surface area contributed by atoms with Gasteiger partial charge in [-0.1, -0.05) is 12.1 Å². The van der Waals surface area contributed by atoms with Crippen LogP contribution in [0.1, 0.15) is 42.4 Å². The van der Waals surface area contributed by atoms with E-state index in [2.05, 4.69) is 25.9 Å². The molecule has 1 aliphatic carbocycles. The first-order chi connectivity index (χ1) is 13.8. The standard InChI is InChI=1S/C19H18F3N5O2/c20-19(21,22)12-4-2-11(3-5-12)18(6-7-18)27-17(29)13-10-14(28)26-16(25-13)15-23-8-1-9-24-15/h1-5,8-9,13,16,25H,6-7,10H2,(H,26,28)(H,27,29). The first-order valence-corrected chi connectivity index (χ1v) is 9.09. The third-order valence-corrected chi connectivity index (χ3v) is 5.10. The average Bonchev–Trinajstić information content (AvgIpc) is 3.48. The molecule has 1 saturated carbocycles. The summed E-state index contributed by atoms with van der Waals surface area (Å²) in [6.07, 6.45) is -0.866. The van der Waals surface area contributed by atoms with Crippen molar-refractivity contribution in [3.05, 3.63) is 59.7 Å². The highest BCUT2D eigenvalue weighted by molar-refractivity contribution is 5.90.